The van der Waals surface area contributed by atoms with Gasteiger partial charge in [0.2, 0.25) is 4.75 Å². The van der Waals surface area contributed by atoms with Crippen LogP contribution in [0.4, 0.5) is 0 Å². The van der Waals surface area contributed by atoms with Crippen molar-refractivity contribution in [3.05, 3.63) is 23.8 Å². The van der Waals surface area contributed by atoms with E-state index in [2.05, 4.69) is 4.98 Å². The maximum atomic E-state index is 13.0. The second kappa shape index (κ2) is 5.94. The number of hydrogen-bond donors (Lipinski definition) is 0. The van der Waals surface area contributed by atoms with Crippen molar-refractivity contribution >= 4 is 33.9 Å². The van der Waals surface area contributed by atoms with Gasteiger partial charge in [0, 0.05) is 0 Å². The second-order valence-corrected chi connectivity index (χ2v) is 8.45. The molecule has 0 N–H and O–H groups in total. The zero-order chi connectivity index (χ0) is 14.9. The monoisotopic (exact) mass is 313 g/mol. The Morgan fingerprint density at radius 2 is 1.75 bits per heavy atom. The lowest BCUT2D eigenvalue weighted by Crippen LogP contribution is -2.16. The van der Waals surface area contributed by atoms with Crippen molar-refractivity contribution < 1.29 is 13.6 Å². The fourth-order valence-corrected chi connectivity index (χ4v) is 5.18. The van der Waals surface area contributed by atoms with Crippen LogP contribution in [0, 0.1) is 6.92 Å². The van der Waals surface area contributed by atoms with Crippen LogP contribution in [0.2, 0.25) is 0 Å². The normalized spacial score (nSPS) is 12.8. The maximum Gasteiger partial charge on any atom is 0.390 e. The lowest BCUT2D eigenvalue weighted by molar-refractivity contribution is 0.150. The van der Waals surface area contributed by atoms with Crippen LogP contribution in [-0.4, -0.2) is 17.2 Å². The highest BCUT2D eigenvalue weighted by atomic mass is 32.1. The first-order chi connectivity index (χ1) is 9.30. The molecule has 1 aromatic carbocycles. The van der Waals surface area contributed by atoms with Crippen LogP contribution in [0.1, 0.15) is 33.3 Å². The van der Waals surface area contributed by atoms with Crippen LogP contribution in [0.15, 0.2) is 18.2 Å². The molecule has 0 aliphatic carbocycles. The van der Waals surface area contributed by atoms with Crippen LogP contribution in [0.5, 0.6) is 0 Å². The quantitative estimate of drug-likeness (QED) is 0.773. The van der Waals surface area contributed by atoms with Crippen molar-refractivity contribution in [1.82, 2.24) is 4.98 Å². The Morgan fingerprint density at radius 3 is 2.30 bits per heavy atom. The van der Waals surface area contributed by atoms with Gasteiger partial charge in [-0.3, -0.25) is 4.57 Å². The van der Waals surface area contributed by atoms with Crippen LogP contribution in [0.25, 0.3) is 10.2 Å². The zero-order valence-corrected chi connectivity index (χ0v) is 14.1. The van der Waals surface area contributed by atoms with Gasteiger partial charge in [0.15, 0.2) is 0 Å². The summed E-state index contributed by atoms with van der Waals surface area (Å²) in [4.78, 5) is 4.44. The molecule has 0 spiro atoms. The minimum absolute atomic E-state index is 0.187. The number of aryl methyl sites for hydroxylation is 1. The highest BCUT2D eigenvalue weighted by Gasteiger charge is 2.34. The van der Waals surface area contributed by atoms with Crippen LogP contribution < -0.4 is 4.75 Å². The molecule has 0 saturated carbocycles. The molecule has 0 amide bonds. The molecular formula is C14H20NO3PS. The Labute approximate surface area is 123 Å². The van der Waals surface area contributed by atoms with E-state index in [4.69, 9.17) is 9.05 Å². The molecule has 0 fully saturated rings. The first-order valence-electron chi connectivity index (χ1n) is 6.65. The average Bonchev–Trinajstić information content (AvgIpc) is 2.69. The second-order valence-electron chi connectivity index (χ2n) is 5.27. The SMILES string of the molecule is Cc1ccc2nc(P(=O)(OC(C)C)OC(C)C)sc2c1. The molecule has 0 radical (unpaired) electrons. The highest BCUT2D eigenvalue weighted by molar-refractivity contribution is 7.69. The predicted molar refractivity (Wildman–Crippen MR) is 84.0 cm³/mol. The van der Waals surface area contributed by atoms with Gasteiger partial charge < -0.3 is 9.05 Å². The number of fused-ring (bicyclic) bond motifs is 1. The van der Waals surface area contributed by atoms with E-state index in [0.717, 1.165) is 15.8 Å². The molecule has 20 heavy (non-hydrogen) atoms. The van der Waals surface area contributed by atoms with Crippen molar-refractivity contribution in [2.75, 3.05) is 0 Å². The Morgan fingerprint density at radius 1 is 1.15 bits per heavy atom. The third-order valence-corrected chi connectivity index (χ3v) is 6.20. The summed E-state index contributed by atoms with van der Waals surface area (Å²) in [6.07, 6.45) is -0.373. The lowest BCUT2D eigenvalue weighted by Gasteiger charge is -2.20. The van der Waals surface area contributed by atoms with Crippen molar-refractivity contribution in [3.63, 3.8) is 0 Å². The molecule has 1 aromatic heterocycles. The summed E-state index contributed by atoms with van der Waals surface area (Å²) in [5, 5.41) is 0. The lowest BCUT2D eigenvalue weighted by atomic mass is 10.2. The molecular weight excluding hydrogens is 293 g/mol. The minimum Gasteiger partial charge on any atom is -0.301 e. The van der Waals surface area contributed by atoms with E-state index in [9.17, 15) is 4.57 Å². The van der Waals surface area contributed by atoms with Crippen molar-refractivity contribution in [3.8, 4) is 0 Å². The summed E-state index contributed by atoms with van der Waals surface area (Å²) >= 11 is 1.38. The molecule has 110 valence electrons. The summed E-state index contributed by atoms with van der Waals surface area (Å²) in [6, 6.07) is 5.95. The van der Waals surface area contributed by atoms with Gasteiger partial charge in [-0.15, -0.1) is 11.3 Å². The summed E-state index contributed by atoms with van der Waals surface area (Å²) in [6.45, 7) is 9.39. The summed E-state index contributed by atoms with van der Waals surface area (Å²) < 4.78 is 25.6. The van der Waals surface area contributed by atoms with E-state index in [1.807, 2.05) is 52.8 Å². The van der Waals surface area contributed by atoms with Gasteiger partial charge >= 0.3 is 7.60 Å². The Bertz CT molecular complexity index is 637. The Kier molecular flexibility index (Phi) is 4.65. The fraction of sp³-hybridized carbons (Fsp3) is 0.500. The third-order valence-electron chi connectivity index (χ3n) is 2.47. The topological polar surface area (TPSA) is 48.4 Å². The largest absolute Gasteiger partial charge is 0.390 e. The van der Waals surface area contributed by atoms with E-state index in [1.165, 1.54) is 11.3 Å². The van der Waals surface area contributed by atoms with E-state index in [-0.39, 0.29) is 12.2 Å². The molecule has 2 rings (SSSR count). The van der Waals surface area contributed by atoms with E-state index < -0.39 is 7.60 Å². The van der Waals surface area contributed by atoms with Crippen molar-refractivity contribution in [1.29, 1.82) is 0 Å². The van der Waals surface area contributed by atoms with Gasteiger partial charge in [0.05, 0.1) is 22.4 Å². The van der Waals surface area contributed by atoms with Gasteiger partial charge in [0.1, 0.15) is 0 Å². The maximum absolute atomic E-state index is 13.0. The smallest absolute Gasteiger partial charge is 0.301 e. The number of hydrogen-bond acceptors (Lipinski definition) is 5. The summed E-state index contributed by atoms with van der Waals surface area (Å²) in [7, 11) is -3.36. The predicted octanol–water partition coefficient (Wildman–Crippen LogP) is 4.27. The van der Waals surface area contributed by atoms with E-state index >= 15 is 0 Å². The number of rotatable bonds is 5. The van der Waals surface area contributed by atoms with E-state index in [0.29, 0.717) is 4.75 Å². The number of aromatic nitrogens is 1. The minimum atomic E-state index is -3.36. The first-order valence-corrected chi connectivity index (χ1v) is 9.00. The van der Waals surface area contributed by atoms with Gasteiger partial charge in [-0.25, -0.2) is 4.98 Å². The summed E-state index contributed by atoms with van der Waals surface area (Å²) in [5.74, 6) is 0. The molecule has 6 heteroatoms. The van der Waals surface area contributed by atoms with Gasteiger partial charge in [-0.1, -0.05) is 6.07 Å². The van der Waals surface area contributed by atoms with Crippen LogP contribution in [-0.2, 0) is 13.6 Å². The van der Waals surface area contributed by atoms with Gasteiger partial charge in [-0.05, 0) is 52.3 Å². The Balaban J connectivity index is 2.47. The molecule has 0 unspecified atom stereocenters. The molecule has 0 saturated heterocycles. The fourth-order valence-electron chi connectivity index (χ4n) is 1.81. The Hall–Kier alpha value is -0.740. The number of nitrogens with zero attached hydrogens (tertiary/aromatic N) is 1. The van der Waals surface area contributed by atoms with Crippen LogP contribution in [0.3, 0.4) is 0 Å². The van der Waals surface area contributed by atoms with E-state index in [1.54, 1.807) is 0 Å². The third kappa shape index (κ3) is 3.47. The number of benzene rings is 1. The van der Waals surface area contributed by atoms with Gasteiger partial charge in [-0.2, -0.15) is 0 Å². The van der Waals surface area contributed by atoms with Crippen molar-refractivity contribution in [2.45, 2.75) is 46.8 Å². The molecule has 0 bridgehead atoms. The zero-order valence-electron chi connectivity index (χ0n) is 12.4. The molecule has 1 heterocycles. The molecule has 0 aliphatic heterocycles. The molecule has 0 atom stereocenters. The summed E-state index contributed by atoms with van der Waals surface area (Å²) in [5.41, 5.74) is 1.98. The first kappa shape index (κ1) is 15.6. The molecule has 2 aromatic rings. The van der Waals surface area contributed by atoms with Crippen molar-refractivity contribution in [2.24, 2.45) is 0 Å². The highest BCUT2D eigenvalue weighted by Crippen LogP contribution is 2.50. The molecule has 4 nitrogen and oxygen atoms in total. The average molecular weight is 313 g/mol. The van der Waals surface area contributed by atoms with Gasteiger partial charge in [0.25, 0.3) is 0 Å². The number of thiazole rings is 1. The molecule has 0 aliphatic rings. The van der Waals surface area contributed by atoms with Crippen LogP contribution >= 0.6 is 18.9 Å². The standard InChI is InChI=1S/C14H20NO3PS/c1-9(2)17-19(16,18-10(3)4)14-15-12-7-6-11(5)8-13(12)20-14/h6-10H,1-5H3.